The van der Waals surface area contributed by atoms with Crippen LogP contribution in [0.25, 0.3) is 0 Å². The van der Waals surface area contributed by atoms with Crippen LogP contribution in [0.2, 0.25) is 0 Å². The predicted molar refractivity (Wildman–Crippen MR) is 53.3 cm³/mol. The summed E-state index contributed by atoms with van der Waals surface area (Å²) in [6, 6.07) is 1.86. The van der Waals surface area contributed by atoms with Gasteiger partial charge in [-0.05, 0) is 12.5 Å². The summed E-state index contributed by atoms with van der Waals surface area (Å²) in [5.74, 6) is -2.24. The lowest BCUT2D eigenvalue weighted by atomic mass is 10.0. The number of rotatable bonds is 3. The lowest BCUT2D eigenvalue weighted by Crippen LogP contribution is -2.15. The second-order valence-electron chi connectivity index (χ2n) is 3.09. The van der Waals surface area contributed by atoms with E-state index in [1.807, 2.05) is 0 Å². The van der Waals surface area contributed by atoms with Gasteiger partial charge in [-0.25, -0.2) is 4.79 Å². The minimum atomic E-state index is -1.34. The molecule has 0 atom stereocenters. The maximum absolute atomic E-state index is 11.0. The van der Waals surface area contributed by atoms with Gasteiger partial charge in [-0.3, -0.25) is 14.9 Å². The van der Waals surface area contributed by atoms with Crippen molar-refractivity contribution in [3.05, 3.63) is 38.9 Å². The molecule has 3 N–H and O–H groups in total. The second kappa shape index (κ2) is 3.97. The maximum atomic E-state index is 11.0. The number of carboxylic acids is 1. The predicted octanol–water partition coefficient (Wildman–Crippen LogP) is 0.700. The molecule has 0 saturated carbocycles. The first-order chi connectivity index (χ1) is 7.34. The van der Waals surface area contributed by atoms with Gasteiger partial charge in [-0.2, -0.15) is 0 Å². The molecule has 7 heteroatoms. The number of nitro benzene ring substituents is 1. The summed E-state index contributed by atoms with van der Waals surface area (Å²) < 4.78 is 0. The van der Waals surface area contributed by atoms with E-state index in [0.29, 0.717) is 0 Å². The summed E-state index contributed by atoms with van der Waals surface area (Å²) in [6.45, 7) is 1.37. The van der Waals surface area contributed by atoms with Gasteiger partial charge in [0.2, 0.25) is 5.91 Å². The highest BCUT2D eigenvalue weighted by Crippen LogP contribution is 2.21. The highest BCUT2D eigenvalue weighted by atomic mass is 16.6. The molecule has 16 heavy (non-hydrogen) atoms. The summed E-state index contributed by atoms with van der Waals surface area (Å²) in [7, 11) is 0. The molecule has 0 aliphatic rings. The van der Waals surface area contributed by atoms with Gasteiger partial charge in [0.05, 0.1) is 10.5 Å². The van der Waals surface area contributed by atoms with Crippen molar-refractivity contribution in [2.45, 2.75) is 6.92 Å². The zero-order valence-corrected chi connectivity index (χ0v) is 8.26. The molecule has 0 heterocycles. The second-order valence-corrected chi connectivity index (χ2v) is 3.09. The third-order valence-electron chi connectivity index (χ3n) is 2.10. The molecular formula is C9H8N2O5. The molecule has 0 saturated heterocycles. The van der Waals surface area contributed by atoms with Gasteiger partial charge in [0.25, 0.3) is 5.69 Å². The van der Waals surface area contributed by atoms with E-state index >= 15 is 0 Å². The van der Waals surface area contributed by atoms with Gasteiger partial charge in [0.1, 0.15) is 0 Å². The van der Waals surface area contributed by atoms with E-state index in [1.54, 1.807) is 0 Å². The number of nitrogens with zero attached hydrogens (tertiary/aromatic N) is 1. The topological polar surface area (TPSA) is 124 Å². The van der Waals surface area contributed by atoms with Crippen LogP contribution in [0, 0.1) is 17.0 Å². The number of nitro groups is 1. The number of primary amides is 1. The maximum Gasteiger partial charge on any atom is 0.336 e. The Balaban J connectivity index is 3.57. The molecule has 0 unspecified atom stereocenters. The van der Waals surface area contributed by atoms with Crippen molar-refractivity contribution in [1.29, 1.82) is 0 Å². The van der Waals surface area contributed by atoms with E-state index in [2.05, 4.69) is 0 Å². The number of hydrogen-bond donors (Lipinski definition) is 2. The zero-order valence-electron chi connectivity index (χ0n) is 8.26. The average Bonchev–Trinajstić information content (AvgIpc) is 2.16. The van der Waals surface area contributed by atoms with E-state index < -0.39 is 22.5 Å². The number of carboxylic acid groups (broad SMARTS) is 1. The van der Waals surface area contributed by atoms with Crippen LogP contribution in [0.5, 0.6) is 0 Å². The number of non-ortho nitro benzene ring substituents is 1. The summed E-state index contributed by atoms with van der Waals surface area (Å²) in [4.78, 5) is 31.5. The summed E-state index contributed by atoms with van der Waals surface area (Å²) in [5, 5.41) is 19.3. The first-order valence-corrected chi connectivity index (χ1v) is 4.16. The summed E-state index contributed by atoms with van der Waals surface area (Å²) >= 11 is 0. The van der Waals surface area contributed by atoms with Gasteiger partial charge in [0, 0.05) is 17.7 Å². The Bertz CT molecular complexity index is 460. The lowest BCUT2D eigenvalue weighted by Gasteiger charge is -2.05. The Morgan fingerprint density at radius 2 is 1.88 bits per heavy atom. The molecule has 7 nitrogen and oxygen atoms in total. The van der Waals surface area contributed by atoms with Crippen molar-refractivity contribution in [2.75, 3.05) is 0 Å². The van der Waals surface area contributed by atoms with Crippen molar-refractivity contribution in [3.8, 4) is 0 Å². The molecule has 1 aromatic rings. The molecule has 0 radical (unpaired) electrons. The largest absolute Gasteiger partial charge is 0.478 e. The smallest absolute Gasteiger partial charge is 0.336 e. The molecule has 0 spiro atoms. The fraction of sp³-hybridized carbons (Fsp3) is 0.111. The fourth-order valence-electron chi connectivity index (χ4n) is 1.28. The van der Waals surface area contributed by atoms with Gasteiger partial charge < -0.3 is 10.8 Å². The molecule has 84 valence electrons. The SMILES string of the molecule is Cc1c(C(N)=O)cc([N+](=O)[O-])cc1C(=O)O. The van der Waals surface area contributed by atoms with E-state index in [4.69, 9.17) is 10.8 Å². The van der Waals surface area contributed by atoms with E-state index in [0.717, 1.165) is 12.1 Å². The molecule has 0 fully saturated rings. The van der Waals surface area contributed by atoms with Gasteiger partial charge in [-0.15, -0.1) is 0 Å². The first-order valence-electron chi connectivity index (χ1n) is 4.16. The van der Waals surface area contributed by atoms with Crippen molar-refractivity contribution >= 4 is 17.6 Å². The number of carbonyl (C=O) groups excluding carboxylic acids is 1. The molecule has 0 aliphatic carbocycles. The fourth-order valence-corrected chi connectivity index (χ4v) is 1.28. The Kier molecular flexibility index (Phi) is 2.89. The van der Waals surface area contributed by atoms with Crippen LogP contribution in [0.4, 0.5) is 5.69 Å². The molecule has 1 aromatic carbocycles. The van der Waals surface area contributed by atoms with Crippen molar-refractivity contribution in [1.82, 2.24) is 0 Å². The Labute approximate surface area is 89.6 Å². The van der Waals surface area contributed by atoms with Crippen LogP contribution in [-0.2, 0) is 0 Å². The monoisotopic (exact) mass is 224 g/mol. The normalized spacial score (nSPS) is 9.81. The first kappa shape index (κ1) is 11.6. The van der Waals surface area contributed by atoms with E-state index in [1.165, 1.54) is 6.92 Å². The standard InChI is InChI=1S/C9H8N2O5/c1-4-6(8(10)12)2-5(11(15)16)3-7(4)9(13)14/h2-3H,1H3,(H2,10,12)(H,13,14). The Morgan fingerprint density at radius 1 is 1.38 bits per heavy atom. The average molecular weight is 224 g/mol. The van der Waals surface area contributed by atoms with Crippen LogP contribution in [0.3, 0.4) is 0 Å². The zero-order chi connectivity index (χ0) is 12.5. The number of aromatic carboxylic acids is 1. The molecular weight excluding hydrogens is 216 g/mol. The minimum absolute atomic E-state index is 0.116. The highest BCUT2D eigenvalue weighted by molar-refractivity contribution is 6.00. The Hall–Kier alpha value is -2.44. The number of hydrogen-bond acceptors (Lipinski definition) is 4. The van der Waals surface area contributed by atoms with Gasteiger partial charge in [-0.1, -0.05) is 0 Å². The van der Waals surface area contributed by atoms with Crippen LogP contribution < -0.4 is 5.73 Å². The van der Waals surface area contributed by atoms with Crippen molar-refractivity contribution in [3.63, 3.8) is 0 Å². The molecule has 0 aromatic heterocycles. The highest BCUT2D eigenvalue weighted by Gasteiger charge is 2.20. The van der Waals surface area contributed by atoms with Crippen LogP contribution >= 0.6 is 0 Å². The van der Waals surface area contributed by atoms with E-state index in [9.17, 15) is 19.7 Å². The number of amides is 1. The van der Waals surface area contributed by atoms with Crippen LogP contribution in [0.15, 0.2) is 12.1 Å². The van der Waals surface area contributed by atoms with Gasteiger partial charge in [0.15, 0.2) is 0 Å². The summed E-state index contributed by atoms with van der Waals surface area (Å²) in [6.07, 6.45) is 0. The number of benzene rings is 1. The Morgan fingerprint density at radius 3 is 2.25 bits per heavy atom. The van der Waals surface area contributed by atoms with Crippen molar-refractivity contribution in [2.24, 2.45) is 5.73 Å². The van der Waals surface area contributed by atoms with E-state index in [-0.39, 0.29) is 16.7 Å². The summed E-state index contributed by atoms with van der Waals surface area (Å²) in [5.41, 5.74) is 4.18. The molecule has 0 bridgehead atoms. The molecule has 0 aliphatic heterocycles. The van der Waals surface area contributed by atoms with Crippen LogP contribution in [-0.4, -0.2) is 21.9 Å². The van der Waals surface area contributed by atoms with Crippen LogP contribution in [0.1, 0.15) is 26.3 Å². The number of carbonyl (C=O) groups is 2. The molecule has 1 amide bonds. The quantitative estimate of drug-likeness (QED) is 0.577. The third-order valence-corrected chi connectivity index (χ3v) is 2.10. The van der Waals surface area contributed by atoms with Crippen molar-refractivity contribution < 1.29 is 19.6 Å². The third kappa shape index (κ3) is 1.97. The van der Waals surface area contributed by atoms with Gasteiger partial charge >= 0.3 is 5.97 Å². The molecule has 1 rings (SSSR count). The number of nitrogens with two attached hydrogens (primary N) is 1. The lowest BCUT2D eigenvalue weighted by molar-refractivity contribution is -0.384. The minimum Gasteiger partial charge on any atom is -0.478 e.